The van der Waals surface area contributed by atoms with Gasteiger partial charge in [0.2, 0.25) is 0 Å². The molecule has 1 fully saturated rings. The van der Waals surface area contributed by atoms with Crippen LogP contribution in [0.1, 0.15) is 44.7 Å². The molecule has 3 aliphatic carbocycles. The SMILES string of the molecule is C=C1C[C@]23C(C)=CC[C@H](C2(C)C)[C@]3(O)c2ccccc21. The lowest BCUT2D eigenvalue weighted by atomic mass is 9.28. The van der Waals surface area contributed by atoms with Crippen LogP contribution in [0.5, 0.6) is 0 Å². The summed E-state index contributed by atoms with van der Waals surface area (Å²) in [7, 11) is 0. The third kappa shape index (κ3) is 0.948. The summed E-state index contributed by atoms with van der Waals surface area (Å²) in [5, 5.41) is 11.7. The number of aliphatic hydroxyl groups is 1. The van der Waals surface area contributed by atoms with Crippen LogP contribution in [0.3, 0.4) is 0 Å². The van der Waals surface area contributed by atoms with E-state index < -0.39 is 5.60 Å². The molecule has 1 nitrogen and oxygen atoms in total. The standard InChI is InChI=1S/C19H22O/c1-12-11-18-13(2)9-10-16(17(18,3)4)19(18,20)15-8-6-5-7-14(12)15/h5-9,16,20H,1,10-11H2,2-4H3/t16-,18+,19-/m1/s1. The predicted molar refractivity (Wildman–Crippen MR) is 82.1 cm³/mol. The van der Waals surface area contributed by atoms with Gasteiger partial charge in [0, 0.05) is 11.3 Å². The molecule has 0 saturated heterocycles. The van der Waals surface area contributed by atoms with Crippen molar-refractivity contribution in [3.8, 4) is 0 Å². The number of hydrogen-bond acceptors (Lipinski definition) is 1. The maximum Gasteiger partial charge on any atom is 0.104 e. The molecule has 4 rings (SSSR count). The van der Waals surface area contributed by atoms with Gasteiger partial charge in [0.15, 0.2) is 0 Å². The molecule has 0 unspecified atom stereocenters. The van der Waals surface area contributed by atoms with E-state index >= 15 is 0 Å². The Morgan fingerprint density at radius 2 is 1.95 bits per heavy atom. The molecule has 20 heavy (non-hydrogen) atoms. The van der Waals surface area contributed by atoms with Gasteiger partial charge in [0.1, 0.15) is 5.60 Å². The molecule has 1 aromatic rings. The van der Waals surface area contributed by atoms with Gasteiger partial charge in [-0.25, -0.2) is 0 Å². The smallest absolute Gasteiger partial charge is 0.104 e. The lowest BCUT2D eigenvalue weighted by Gasteiger charge is -2.76. The van der Waals surface area contributed by atoms with Crippen LogP contribution < -0.4 is 0 Å². The molecule has 0 amide bonds. The van der Waals surface area contributed by atoms with Crippen molar-refractivity contribution in [3.05, 3.63) is 53.6 Å². The predicted octanol–water partition coefficient (Wildman–Crippen LogP) is 4.28. The van der Waals surface area contributed by atoms with Crippen LogP contribution >= 0.6 is 0 Å². The van der Waals surface area contributed by atoms with Crippen molar-refractivity contribution in [2.75, 3.05) is 0 Å². The highest BCUT2D eigenvalue weighted by atomic mass is 16.3. The lowest BCUT2D eigenvalue weighted by Crippen LogP contribution is -2.76. The number of allylic oxidation sites excluding steroid dienone is 2. The van der Waals surface area contributed by atoms with E-state index in [4.69, 9.17) is 0 Å². The Hall–Kier alpha value is -1.34. The Balaban J connectivity index is 2.07. The van der Waals surface area contributed by atoms with Crippen LogP contribution in [-0.4, -0.2) is 5.11 Å². The van der Waals surface area contributed by atoms with E-state index in [1.165, 1.54) is 16.7 Å². The quantitative estimate of drug-likeness (QED) is 0.695. The second kappa shape index (κ2) is 3.28. The number of benzene rings is 1. The first-order valence-electron chi connectivity index (χ1n) is 7.54. The summed E-state index contributed by atoms with van der Waals surface area (Å²) >= 11 is 0. The van der Waals surface area contributed by atoms with Gasteiger partial charge in [0.25, 0.3) is 0 Å². The van der Waals surface area contributed by atoms with Crippen LogP contribution in [-0.2, 0) is 5.60 Å². The van der Waals surface area contributed by atoms with E-state index in [2.05, 4.69) is 45.6 Å². The molecular weight excluding hydrogens is 244 g/mol. The van der Waals surface area contributed by atoms with Crippen LogP contribution in [0.2, 0.25) is 0 Å². The Labute approximate surface area is 121 Å². The molecule has 1 heteroatoms. The molecule has 1 spiro atoms. The zero-order valence-corrected chi connectivity index (χ0v) is 12.5. The van der Waals surface area contributed by atoms with Crippen molar-refractivity contribution < 1.29 is 5.11 Å². The Kier molecular flexibility index (Phi) is 2.03. The fraction of sp³-hybridized carbons (Fsp3) is 0.474. The topological polar surface area (TPSA) is 20.2 Å². The van der Waals surface area contributed by atoms with E-state index in [9.17, 15) is 5.11 Å². The average Bonchev–Trinajstić information content (AvgIpc) is 2.41. The zero-order chi connectivity index (χ0) is 14.3. The van der Waals surface area contributed by atoms with Gasteiger partial charge in [-0.2, -0.15) is 0 Å². The van der Waals surface area contributed by atoms with Crippen molar-refractivity contribution >= 4 is 5.57 Å². The number of hydrogen-bond donors (Lipinski definition) is 1. The van der Waals surface area contributed by atoms with Gasteiger partial charge >= 0.3 is 0 Å². The first-order chi connectivity index (χ1) is 9.37. The van der Waals surface area contributed by atoms with Crippen LogP contribution in [0.25, 0.3) is 5.57 Å². The minimum atomic E-state index is -0.701. The molecule has 0 radical (unpaired) electrons. The molecule has 0 aromatic heterocycles. The second-order valence-electron chi connectivity index (χ2n) is 7.39. The summed E-state index contributed by atoms with van der Waals surface area (Å²) in [6.07, 6.45) is 4.20. The van der Waals surface area contributed by atoms with Gasteiger partial charge in [0.05, 0.1) is 0 Å². The first-order valence-corrected chi connectivity index (χ1v) is 7.54. The Morgan fingerprint density at radius 1 is 1.25 bits per heavy atom. The number of rotatable bonds is 0. The van der Waals surface area contributed by atoms with Gasteiger partial charge in [-0.05, 0) is 41.9 Å². The third-order valence-electron chi connectivity index (χ3n) is 6.66. The van der Waals surface area contributed by atoms with Gasteiger partial charge < -0.3 is 5.11 Å². The second-order valence-corrected chi connectivity index (χ2v) is 7.39. The minimum absolute atomic E-state index is 0.136. The summed E-state index contributed by atoms with van der Waals surface area (Å²) in [6, 6.07) is 8.31. The molecule has 0 aliphatic heterocycles. The van der Waals surface area contributed by atoms with Gasteiger partial charge in [-0.15, -0.1) is 0 Å². The lowest BCUT2D eigenvalue weighted by molar-refractivity contribution is -0.305. The molecule has 104 valence electrons. The first kappa shape index (κ1) is 12.4. The molecule has 1 saturated carbocycles. The summed E-state index contributed by atoms with van der Waals surface area (Å²) in [5.74, 6) is 0.313. The Morgan fingerprint density at radius 3 is 2.65 bits per heavy atom. The van der Waals surface area contributed by atoms with Crippen molar-refractivity contribution in [1.29, 1.82) is 0 Å². The Bertz CT molecular complexity index is 666. The van der Waals surface area contributed by atoms with E-state index in [1.807, 2.05) is 12.1 Å². The van der Waals surface area contributed by atoms with E-state index in [-0.39, 0.29) is 10.8 Å². The third-order valence-corrected chi connectivity index (χ3v) is 6.66. The molecule has 1 N–H and O–H groups in total. The zero-order valence-electron chi connectivity index (χ0n) is 12.5. The monoisotopic (exact) mass is 266 g/mol. The molecule has 0 heterocycles. The summed E-state index contributed by atoms with van der Waals surface area (Å²) in [4.78, 5) is 0. The van der Waals surface area contributed by atoms with Crippen LogP contribution in [0.4, 0.5) is 0 Å². The normalized spacial score (nSPS) is 40.3. The van der Waals surface area contributed by atoms with Crippen molar-refractivity contribution in [2.45, 2.75) is 39.2 Å². The van der Waals surface area contributed by atoms with E-state index in [1.54, 1.807) is 0 Å². The van der Waals surface area contributed by atoms with Gasteiger partial charge in [-0.3, -0.25) is 0 Å². The highest BCUT2D eigenvalue weighted by Gasteiger charge is 2.78. The van der Waals surface area contributed by atoms with Crippen LogP contribution in [0, 0.1) is 16.7 Å². The van der Waals surface area contributed by atoms with Crippen molar-refractivity contribution in [3.63, 3.8) is 0 Å². The van der Waals surface area contributed by atoms with Crippen molar-refractivity contribution in [1.82, 2.24) is 0 Å². The average molecular weight is 266 g/mol. The molecular formula is C19H22O. The fourth-order valence-electron chi connectivity index (χ4n) is 5.73. The van der Waals surface area contributed by atoms with E-state index in [0.717, 1.165) is 18.4 Å². The van der Waals surface area contributed by atoms with Crippen molar-refractivity contribution in [2.24, 2.45) is 16.7 Å². The summed E-state index contributed by atoms with van der Waals surface area (Å²) in [6.45, 7) is 11.2. The highest BCUT2D eigenvalue weighted by molar-refractivity contribution is 5.74. The number of fused-ring (bicyclic) bond motifs is 4. The summed E-state index contributed by atoms with van der Waals surface area (Å²) in [5.41, 5.74) is 4.07. The maximum absolute atomic E-state index is 11.7. The minimum Gasteiger partial charge on any atom is -0.384 e. The molecule has 3 aliphatic rings. The highest BCUT2D eigenvalue weighted by Crippen LogP contribution is 2.80. The maximum atomic E-state index is 11.7. The van der Waals surface area contributed by atoms with Crippen LogP contribution in [0.15, 0.2) is 42.5 Å². The van der Waals surface area contributed by atoms with E-state index in [0.29, 0.717) is 5.92 Å². The molecule has 2 bridgehead atoms. The molecule has 1 aromatic carbocycles. The summed E-state index contributed by atoms with van der Waals surface area (Å²) < 4.78 is 0. The van der Waals surface area contributed by atoms with Gasteiger partial charge in [-0.1, -0.05) is 56.3 Å². The fourth-order valence-corrected chi connectivity index (χ4v) is 5.73. The molecule has 3 atom stereocenters. The largest absolute Gasteiger partial charge is 0.384 e.